The molecule has 0 atom stereocenters. The Kier molecular flexibility index (Phi) is 5.95. The van der Waals surface area contributed by atoms with Crippen LogP contribution in [0.2, 0.25) is 0 Å². The van der Waals surface area contributed by atoms with E-state index in [1.807, 2.05) is 0 Å². The summed E-state index contributed by atoms with van der Waals surface area (Å²) in [4.78, 5) is 15.6. The molecule has 1 fully saturated rings. The summed E-state index contributed by atoms with van der Waals surface area (Å²) in [6.45, 7) is 1.18. The standard InChI is InChI=1S/C15H23N3O3/c16-12-2-4-14(5-3-12)21-7-1-6-18-15(20)11-8-13(19)10-17-9-11/h8-10,12,14,19H,1-7,16H2,(H,18,20). The van der Waals surface area contributed by atoms with Crippen LogP contribution in [0.15, 0.2) is 18.5 Å². The fourth-order valence-corrected chi connectivity index (χ4v) is 2.43. The smallest absolute Gasteiger partial charge is 0.252 e. The van der Waals surface area contributed by atoms with Gasteiger partial charge >= 0.3 is 0 Å². The monoisotopic (exact) mass is 293 g/mol. The number of nitrogens with one attached hydrogen (secondary N) is 1. The summed E-state index contributed by atoms with van der Waals surface area (Å²) in [5, 5.41) is 12.0. The fraction of sp³-hybridized carbons (Fsp3) is 0.600. The average Bonchev–Trinajstić information content (AvgIpc) is 2.48. The molecular weight excluding hydrogens is 270 g/mol. The highest BCUT2D eigenvalue weighted by atomic mass is 16.5. The maximum atomic E-state index is 11.8. The first-order chi connectivity index (χ1) is 10.1. The Bertz CT molecular complexity index is 459. The molecule has 1 heterocycles. The van der Waals surface area contributed by atoms with Crippen molar-refractivity contribution in [3.63, 3.8) is 0 Å². The molecule has 116 valence electrons. The summed E-state index contributed by atoms with van der Waals surface area (Å²) in [7, 11) is 0. The van der Waals surface area contributed by atoms with Gasteiger partial charge in [0.1, 0.15) is 5.75 Å². The van der Waals surface area contributed by atoms with Crippen LogP contribution in [0.1, 0.15) is 42.5 Å². The van der Waals surface area contributed by atoms with Crippen molar-refractivity contribution in [2.45, 2.75) is 44.2 Å². The van der Waals surface area contributed by atoms with Crippen LogP contribution in [0, 0.1) is 0 Å². The van der Waals surface area contributed by atoms with Crippen molar-refractivity contribution >= 4 is 5.91 Å². The predicted molar refractivity (Wildman–Crippen MR) is 79.0 cm³/mol. The van der Waals surface area contributed by atoms with E-state index in [1.54, 1.807) is 0 Å². The molecule has 0 radical (unpaired) electrons. The second kappa shape index (κ2) is 7.95. The van der Waals surface area contributed by atoms with E-state index in [0.717, 1.165) is 32.1 Å². The molecule has 0 aromatic carbocycles. The van der Waals surface area contributed by atoms with Gasteiger partial charge in [0.2, 0.25) is 0 Å². The highest BCUT2D eigenvalue weighted by Crippen LogP contribution is 2.19. The predicted octanol–water partition coefficient (Wildman–Crippen LogP) is 1.19. The number of rotatable bonds is 6. The number of amides is 1. The van der Waals surface area contributed by atoms with E-state index in [-0.39, 0.29) is 11.7 Å². The maximum Gasteiger partial charge on any atom is 0.252 e. The highest BCUT2D eigenvalue weighted by Gasteiger charge is 2.18. The Morgan fingerprint density at radius 2 is 2.14 bits per heavy atom. The number of pyridine rings is 1. The van der Waals surface area contributed by atoms with Crippen molar-refractivity contribution < 1.29 is 14.6 Å². The van der Waals surface area contributed by atoms with Crippen molar-refractivity contribution in [1.82, 2.24) is 10.3 Å². The summed E-state index contributed by atoms with van der Waals surface area (Å²) < 4.78 is 5.78. The van der Waals surface area contributed by atoms with Crippen LogP contribution < -0.4 is 11.1 Å². The summed E-state index contributed by atoms with van der Waals surface area (Å²) in [5.74, 6) is -0.247. The lowest BCUT2D eigenvalue weighted by Crippen LogP contribution is -2.31. The number of carbonyl (C=O) groups is 1. The first-order valence-corrected chi connectivity index (χ1v) is 7.44. The molecule has 2 rings (SSSR count). The number of nitrogens with zero attached hydrogens (tertiary/aromatic N) is 1. The van der Waals surface area contributed by atoms with Gasteiger partial charge in [-0.1, -0.05) is 0 Å². The molecule has 0 aliphatic heterocycles. The molecule has 4 N–H and O–H groups in total. The topological polar surface area (TPSA) is 97.5 Å². The van der Waals surface area contributed by atoms with Gasteiger partial charge in [-0.2, -0.15) is 0 Å². The zero-order valence-corrected chi connectivity index (χ0v) is 12.1. The Morgan fingerprint density at radius 3 is 2.86 bits per heavy atom. The molecule has 6 nitrogen and oxygen atoms in total. The molecule has 0 bridgehead atoms. The van der Waals surface area contributed by atoms with E-state index in [9.17, 15) is 9.90 Å². The molecule has 1 aromatic rings. The molecule has 1 aliphatic rings. The second-order valence-corrected chi connectivity index (χ2v) is 5.45. The number of hydrogen-bond acceptors (Lipinski definition) is 5. The van der Waals surface area contributed by atoms with Crippen LogP contribution in [0.3, 0.4) is 0 Å². The number of carbonyl (C=O) groups excluding carboxylic acids is 1. The molecular formula is C15H23N3O3. The number of nitrogens with two attached hydrogens (primary N) is 1. The second-order valence-electron chi connectivity index (χ2n) is 5.45. The SMILES string of the molecule is NC1CCC(OCCCNC(=O)c2cncc(O)c2)CC1. The van der Waals surface area contributed by atoms with Gasteiger partial charge in [-0.3, -0.25) is 9.78 Å². The van der Waals surface area contributed by atoms with Gasteiger partial charge in [-0.15, -0.1) is 0 Å². The minimum Gasteiger partial charge on any atom is -0.506 e. The lowest BCUT2D eigenvalue weighted by atomic mass is 9.94. The normalized spacial score (nSPS) is 22.0. The molecule has 0 unspecified atom stereocenters. The molecule has 21 heavy (non-hydrogen) atoms. The van der Waals surface area contributed by atoms with Crippen molar-refractivity contribution in [3.05, 3.63) is 24.0 Å². The molecule has 1 saturated carbocycles. The summed E-state index contributed by atoms with van der Waals surface area (Å²) >= 11 is 0. The molecule has 0 spiro atoms. The first-order valence-electron chi connectivity index (χ1n) is 7.44. The Hall–Kier alpha value is -1.66. The van der Waals surface area contributed by atoms with Crippen molar-refractivity contribution in [1.29, 1.82) is 0 Å². The third-order valence-corrected chi connectivity index (χ3v) is 3.67. The number of aromatic nitrogens is 1. The third-order valence-electron chi connectivity index (χ3n) is 3.67. The molecule has 0 saturated heterocycles. The number of hydrogen-bond donors (Lipinski definition) is 3. The highest BCUT2D eigenvalue weighted by molar-refractivity contribution is 5.94. The van der Waals surface area contributed by atoms with Crippen LogP contribution in [0.25, 0.3) is 0 Å². The van der Waals surface area contributed by atoms with E-state index < -0.39 is 0 Å². The molecule has 1 amide bonds. The number of ether oxygens (including phenoxy) is 1. The van der Waals surface area contributed by atoms with E-state index in [0.29, 0.717) is 30.9 Å². The van der Waals surface area contributed by atoms with Crippen LogP contribution in [0.5, 0.6) is 5.75 Å². The van der Waals surface area contributed by atoms with Crippen LogP contribution in [-0.2, 0) is 4.74 Å². The van der Waals surface area contributed by atoms with Crippen LogP contribution in [-0.4, -0.2) is 41.3 Å². The lowest BCUT2D eigenvalue weighted by molar-refractivity contribution is 0.0241. The minimum atomic E-state index is -0.234. The zero-order chi connectivity index (χ0) is 15.1. The Labute approximate surface area is 124 Å². The largest absolute Gasteiger partial charge is 0.506 e. The van der Waals surface area contributed by atoms with Crippen molar-refractivity contribution in [2.75, 3.05) is 13.2 Å². The van der Waals surface area contributed by atoms with Gasteiger partial charge in [0.05, 0.1) is 17.9 Å². The van der Waals surface area contributed by atoms with Crippen molar-refractivity contribution in [3.8, 4) is 5.75 Å². The van der Waals surface area contributed by atoms with E-state index in [2.05, 4.69) is 10.3 Å². The minimum absolute atomic E-state index is 0.0125. The lowest BCUT2D eigenvalue weighted by Gasteiger charge is -2.26. The van der Waals surface area contributed by atoms with Gasteiger partial charge in [0, 0.05) is 25.4 Å². The van der Waals surface area contributed by atoms with Gasteiger partial charge in [-0.05, 0) is 38.2 Å². The zero-order valence-electron chi connectivity index (χ0n) is 12.1. The van der Waals surface area contributed by atoms with E-state index in [1.165, 1.54) is 18.5 Å². The van der Waals surface area contributed by atoms with Gasteiger partial charge in [0.15, 0.2) is 0 Å². The first kappa shape index (κ1) is 15.7. The summed E-state index contributed by atoms with van der Waals surface area (Å²) in [6, 6.07) is 1.73. The van der Waals surface area contributed by atoms with E-state index in [4.69, 9.17) is 10.5 Å². The van der Waals surface area contributed by atoms with Gasteiger partial charge in [0.25, 0.3) is 5.91 Å². The van der Waals surface area contributed by atoms with Crippen LogP contribution in [0.4, 0.5) is 0 Å². The Balaban J connectivity index is 1.58. The Morgan fingerprint density at radius 1 is 1.38 bits per heavy atom. The third kappa shape index (κ3) is 5.32. The summed E-state index contributed by atoms with van der Waals surface area (Å²) in [6.07, 6.45) is 7.93. The maximum absolute atomic E-state index is 11.8. The fourth-order valence-electron chi connectivity index (χ4n) is 2.43. The molecule has 1 aromatic heterocycles. The number of aromatic hydroxyl groups is 1. The van der Waals surface area contributed by atoms with E-state index >= 15 is 0 Å². The quantitative estimate of drug-likeness (QED) is 0.685. The summed E-state index contributed by atoms with van der Waals surface area (Å²) in [5.41, 5.74) is 6.21. The molecule has 1 aliphatic carbocycles. The van der Waals surface area contributed by atoms with Crippen molar-refractivity contribution in [2.24, 2.45) is 5.73 Å². The average molecular weight is 293 g/mol. The van der Waals surface area contributed by atoms with Crippen LogP contribution >= 0.6 is 0 Å². The molecule has 6 heteroatoms. The van der Waals surface area contributed by atoms with Gasteiger partial charge < -0.3 is 20.9 Å². The van der Waals surface area contributed by atoms with Gasteiger partial charge in [-0.25, -0.2) is 0 Å².